The molecule has 0 spiro atoms. The summed E-state index contributed by atoms with van der Waals surface area (Å²) in [4.78, 5) is 21.0. The summed E-state index contributed by atoms with van der Waals surface area (Å²) < 4.78 is 0. The van der Waals surface area contributed by atoms with Gasteiger partial charge in [-0.05, 0) is 31.9 Å². The van der Waals surface area contributed by atoms with E-state index in [9.17, 15) is 4.79 Å². The van der Waals surface area contributed by atoms with Crippen LogP contribution in [0.5, 0.6) is 5.88 Å². The van der Waals surface area contributed by atoms with Crippen LogP contribution >= 0.6 is 0 Å². The van der Waals surface area contributed by atoms with Gasteiger partial charge < -0.3 is 10.6 Å². The molecule has 2 rings (SSSR count). The Hall–Kier alpha value is -1.62. The van der Waals surface area contributed by atoms with Gasteiger partial charge in [0.15, 0.2) is 0 Å². The van der Waals surface area contributed by atoms with Crippen LogP contribution < -0.4 is 10.6 Å². The minimum Gasteiger partial charge on any atom is -0.385 e. The van der Waals surface area contributed by atoms with Crippen LogP contribution in [0, 0.1) is 6.92 Å². The number of pyridine rings is 1. The molecule has 1 aromatic rings. The van der Waals surface area contributed by atoms with Crippen LogP contribution in [0.4, 0.5) is 0 Å². The molecule has 0 aliphatic carbocycles. The molecule has 86 valence electrons. The zero-order valence-electron chi connectivity index (χ0n) is 9.27. The Bertz CT molecular complexity index is 400. The summed E-state index contributed by atoms with van der Waals surface area (Å²) in [6, 6.07) is 3.40. The lowest BCUT2D eigenvalue weighted by Gasteiger charge is -2.16. The zero-order valence-corrected chi connectivity index (χ0v) is 9.27. The first-order valence-corrected chi connectivity index (χ1v) is 5.37. The van der Waals surface area contributed by atoms with E-state index in [1.807, 2.05) is 12.0 Å². The van der Waals surface area contributed by atoms with E-state index in [0.717, 1.165) is 31.6 Å². The highest BCUT2D eigenvalue weighted by Gasteiger charge is 2.18. The first-order chi connectivity index (χ1) is 7.66. The lowest BCUT2D eigenvalue weighted by Crippen LogP contribution is -2.26. The molecule has 16 heavy (non-hydrogen) atoms. The average molecular weight is 221 g/mol. The maximum absolute atomic E-state index is 11.2. The van der Waals surface area contributed by atoms with Crippen molar-refractivity contribution in [2.45, 2.75) is 19.8 Å². The van der Waals surface area contributed by atoms with Gasteiger partial charge in [-0.25, -0.2) is 4.98 Å². The van der Waals surface area contributed by atoms with Crippen LogP contribution in [-0.2, 0) is 0 Å². The summed E-state index contributed by atoms with van der Waals surface area (Å²) in [6.45, 7) is 3.59. The number of nitrogens with zero attached hydrogens (tertiary/aromatic N) is 2. The highest BCUT2D eigenvalue weighted by atomic mass is 16.7. The van der Waals surface area contributed by atoms with Crippen LogP contribution in [0.2, 0.25) is 0 Å². The number of hydroxylamine groups is 2. The Morgan fingerprint density at radius 1 is 1.44 bits per heavy atom. The average Bonchev–Trinajstić information content (AvgIpc) is 2.70. The van der Waals surface area contributed by atoms with Gasteiger partial charge in [0.1, 0.15) is 5.56 Å². The Kier molecular flexibility index (Phi) is 3.05. The van der Waals surface area contributed by atoms with E-state index in [2.05, 4.69) is 4.98 Å². The smallest absolute Gasteiger partial charge is 0.254 e. The number of aromatic nitrogens is 1. The van der Waals surface area contributed by atoms with Crippen molar-refractivity contribution in [1.29, 1.82) is 0 Å². The Morgan fingerprint density at radius 2 is 2.12 bits per heavy atom. The molecule has 1 amide bonds. The third-order valence-electron chi connectivity index (χ3n) is 2.55. The van der Waals surface area contributed by atoms with Gasteiger partial charge >= 0.3 is 0 Å². The molecular weight excluding hydrogens is 206 g/mol. The molecule has 5 heteroatoms. The Balaban J connectivity index is 2.22. The third-order valence-corrected chi connectivity index (χ3v) is 2.55. The molecule has 0 radical (unpaired) electrons. The molecule has 2 N–H and O–H groups in total. The van der Waals surface area contributed by atoms with E-state index < -0.39 is 5.91 Å². The second-order valence-corrected chi connectivity index (χ2v) is 3.90. The summed E-state index contributed by atoms with van der Waals surface area (Å²) in [5, 5.41) is 1.81. The topological polar surface area (TPSA) is 68.5 Å². The number of primary amides is 1. The molecule has 0 atom stereocenters. The fourth-order valence-corrected chi connectivity index (χ4v) is 1.69. The van der Waals surface area contributed by atoms with Gasteiger partial charge in [0, 0.05) is 18.8 Å². The molecule has 0 unspecified atom stereocenters. The summed E-state index contributed by atoms with van der Waals surface area (Å²) in [7, 11) is 0. The molecule has 0 aromatic carbocycles. The van der Waals surface area contributed by atoms with Crippen LogP contribution in [0.3, 0.4) is 0 Å². The Morgan fingerprint density at radius 3 is 2.75 bits per heavy atom. The molecule has 2 heterocycles. The van der Waals surface area contributed by atoms with Crippen LogP contribution in [-0.4, -0.2) is 29.0 Å². The fourth-order valence-electron chi connectivity index (χ4n) is 1.69. The summed E-state index contributed by atoms with van der Waals surface area (Å²) in [5.74, 6) is -0.198. The first-order valence-electron chi connectivity index (χ1n) is 5.37. The molecule has 1 fully saturated rings. The highest BCUT2D eigenvalue weighted by Crippen LogP contribution is 2.19. The zero-order chi connectivity index (χ0) is 11.5. The quantitative estimate of drug-likeness (QED) is 0.822. The lowest BCUT2D eigenvalue weighted by molar-refractivity contribution is -0.0398. The molecule has 1 aliphatic heterocycles. The minimum absolute atomic E-state index is 0.314. The molecule has 1 aromatic heterocycles. The molecule has 1 saturated heterocycles. The second-order valence-electron chi connectivity index (χ2n) is 3.90. The highest BCUT2D eigenvalue weighted by molar-refractivity contribution is 5.95. The normalized spacial score (nSPS) is 16.3. The number of nitrogens with two attached hydrogens (primary N) is 1. The SMILES string of the molecule is Cc1ccc(C(N)=O)c(ON2CCCC2)n1. The fraction of sp³-hybridized carbons (Fsp3) is 0.455. The van der Waals surface area contributed by atoms with Crippen LogP contribution in [0.1, 0.15) is 28.9 Å². The van der Waals surface area contributed by atoms with Crippen LogP contribution in [0.25, 0.3) is 0 Å². The summed E-state index contributed by atoms with van der Waals surface area (Å²) >= 11 is 0. The number of carbonyl (C=O) groups excluding carboxylic acids is 1. The van der Waals surface area contributed by atoms with E-state index in [1.165, 1.54) is 0 Å². The van der Waals surface area contributed by atoms with E-state index in [-0.39, 0.29) is 0 Å². The number of hydrogen-bond donors (Lipinski definition) is 1. The molecule has 5 nitrogen and oxygen atoms in total. The molecule has 1 aliphatic rings. The van der Waals surface area contributed by atoms with E-state index in [1.54, 1.807) is 12.1 Å². The number of aryl methyl sites for hydroxylation is 1. The number of rotatable bonds is 3. The van der Waals surface area contributed by atoms with Crippen molar-refractivity contribution in [3.8, 4) is 5.88 Å². The maximum atomic E-state index is 11.2. The predicted molar refractivity (Wildman–Crippen MR) is 58.9 cm³/mol. The Labute approximate surface area is 94.2 Å². The van der Waals surface area contributed by atoms with Crippen molar-refractivity contribution in [3.05, 3.63) is 23.4 Å². The van der Waals surface area contributed by atoms with E-state index in [4.69, 9.17) is 10.6 Å². The third kappa shape index (κ3) is 2.30. The molecular formula is C11H15N3O2. The van der Waals surface area contributed by atoms with E-state index >= 15 is 0 Å². The number of carbonyl (C=O) groups is 1. The summed E-state index contributed by atoms with van der Waals surface area (Å²) in [5.41, 5.74) is 6.40. The van der Waals surface area contributed by atoms with Crippen LogP contribution in [0.15, 0.2) is 12.1 Å². The first kappa shape index (κ1) is 10.9. The lowest BCUT2D eigenvalue weighted by atomic mass is 10.2. The van der Waals surface area contributed by atoms with Gasteiger partial charge in [0.05, 0.1) is 0 Å². The van der Waals surface area contributed by atoms with Crippen molar-refractivity contribution >= 4 is 5.91 Å². The minimum atomic E-state index is -0.512. The van der Waals surface area contributed by atoms with Crippen molar-refractivity contribution in [2.75, 3.05) is 13.1 Å². The summed E-state index contributed by atoms with van der Waals surface area (Å²) in [6.07, 6.45) is 2.22. The number of amides is 1. The van der Waals surface area contributed by atoms with Gasteiger partial charge in [-0.2, -0.15) is 0 Å². The monoisotopic (exact) mass is 221 g/mol. The van der Waals surface area contributed by atoms with Gasteiger partial charge in [-0.3, -0.25) is 4.79 Å². The second kappa shape index (κ2) is 4.49. The number of hydrogen-bond acceptors (Lipinski definition) is 4. The van der Waals surface area contributed by atoms with Crippen molar-refractivity contribution < 1.29 is 9.63 Å². The van der Waals surface area contributed by atoms with Crippen molar-refractivity contribution in [3.63, 3.8) is 0 Å². The van der Waals surface area contributed by atoms with Gasteiger partial charge in [-0.1, -0.05) is 0 Å². The predicted octanol–water partition coefficient (Wildman–Crippen LogP) is 0.879. The van der Waals surface area contributed by atoms with Gasteiger partial charge in [0.25, 0.3) is 11.8 Å². The largest absolute Gasteiger partial charge is 0.385 e. The van der Waals surface area contributed by atoms with E-state index in [0.29, 0.717) is 11.4 Å². The molecule has 0 saturated carbocycles. The maximum Gasteiger partial charge on any atom is 0.254 e. The van der Waals surface area contributed by atoms with Gasteiger partial charge in [0.2, 0.25) is 0 Å². The molecule has 0 bridgehead atoms. The van der Waals surface area contributed by atoms with Gasteiger partial charge in [-0.15, -0.1) is 5.06 Å². The van der Waals surface area contributed by atoms with Crippen molar-refractivity contribution in [1.82, 2.24) is 10.0 Å². The van der Waals surface area contributed by atoms with Crippen molar-refractivity contribution in [2.24, 2.45) is 5.73 Å². The standard InChI is InChI=1S/C11H15N3O2/c1-8-4-5-9(10(12)15)11(13-8)16-14-6-2-3-7-14/h4-5H,2-3,6-7H2,1H3,(H2,12,15).